The van der Waals surface area contributed by atoms with Gasteiger partial charge in [0.25, 0.3) is 5.91 Å². The Morgan fingerprint density at radius 3 is 3.04 bits per heavy atom. The SMILES string of the molecule is Cc1ccoc1C(=O)N1CC[C@@H]2[C@@H](CCC(=O)N2CCc2cnc[nH]2)C1. The van der Waals surface area contributed by atoms with E-state index < -0.39 is 0 Å². The average Bonchev–Trinajstić information content (AvgIpc) is 3.31. The van der Waals surface area contributed by atoms with E-state index in [0.29, 0.717) is 37.7 Å². The van der Waals surface area contributed by atoms with Crippen LogP contribution >= 0.6 is 0 Å². The van der Waals surface area contributed by atoms with Gasteiger partial charge in [-0.3, -0.25) is 9.59 Å². The fraction of sp³-hybridized carbons (Fsp3) is 0.526. The number of likely N-dealkylation sites (tertiary alicyclic amines) is 2. The number of piperidine rings is 2. The van der Waals surface area contributed by atoms with Crippen molar-refractivity contribution in [2.45, 2.75) is 38.6 Å². The molecule has 2 saturated heterocycles. The number of aromatic nitrogens is 2. The van der Waals surface area contributed by atoms with Crippen molar-refractivity contribution in [2.75, 3.05) is 19.6 Å². The standard InChI is InChI=1S/C19H24N4O3/c1-13-6-9-26-18(13)19(25)22-7-5-16-14(11-22)2-3-17(24)23(16)8-4-15-10-20-12-21-15/h6,9-10,12,14,16H,2-5,7-8,11H2,1H3,(H,20,21)/t14-,16+/m0/s1. The smallest absolute Gasteiger partial charge is 0.289 e. The van der Waals surface area contributed by atoms with Crippen LogP contribution in [0.2, 0.25) is 0 Å². The number of carbonyl (C=O) groups is 2. The van der Waals surface area contributed by atoms with Crippen molar-refractivity contribution in [3.63, 3.8) is 0 Å². The van der Waals surface area contributed by atoms with Crippen molar-refractivity contribution in [1.29, 1.82) is 0 Å². The Labute approximate surface area is 152 Å². The van der Waals surface area contributed by atoms with Gasteiger partial charge >= 0.3 is 0 Å². The van der Waals surface area contributed by atoms with E-state index in [4.69, 9.17) is 4.42 Å². The van der Waals surface area contributed by atoms with Gasteiger partial charge in [-0.15, -0.1) is 0 Å². The Kier molecular flexibility index (Phi) is 4.53. The van der Waals surface area contributed by atoms with E-state index in [0.717, 1.165) is 30.5 Å². The quantitative estimate of drug-likeness (QED) is 0.908. The molecule has 4 heterocycles. The van der Waals surface area contributed by atoms with E-state index in [-0.39, 0.29) is 17.9 Å². The second kappa shape index (κ2) is 6.97. The molecule has 0 aliphatic carbocycles. The number of nitrogens with zero attached hydrogens (tertiary/aromatic N) is 3. The lowest BCUT2D eigenvalue weighted by atomic mass is 9.83. The molecule has 2 aliphatic heterocycles. The molecule has 0 unspecified atom stereocenters. The number of aromatic amines is 1. The third-order valence-electron chi connectivity index (χ3n) is 5.66. The summed E-state index contributed by atoms with van der Waals surface area (Å²) in [5, 5.41) is 0. The Morgan fingerprint density at radius 1 is 1.42 bits per heavy atom. The lowest BCUT2D eigenvalue weighted by molar-refractivity contribution is -0.140. The number of furan rings is 1. The Bertz CT molecular complexity index is 783. The number of hydrogen-bond donors (Lipinski definition) is 1. The topological polar surface area (TPSA) is 82.4 Å². The van der Waals surface area contributed by atoms with Crippen LogP contribution in [-0.2, 0) is 11.2 Å². The number of nitrogens with one attached hydrogen (secondary N) is 1. The Morgan fingerprint density at radius 2 is 2.31 bits per heavy atom. The minimum absolute atomic E-state index is 0.0353. The minimum Gasteiger partial charge on any atom is -0.459 e. The molecule has 138 valence electrons. The van der Waals surface area contributed by atoms with Gasteiger partial charge in [-0.1, -0.05) is 0 Å². The summed E-state index contributed by atoms with van der Waals surface area (Å²) < 4.78 is 5.37. The molecule has 2 amide bonds. The lowest BCUT2D eigenvalue weighted by Gasteiger charge is -2.47. The number of amides is 2. The molecule has 2 fully saturated rings. The number of hydrogen-bond acceptors (Lipinski definition) is 4. The maximum absolute atomic E-state index is 12.7. The summed E-state index contributed by atoms with van der Waals surface area (Å²) in [5.74, 6) is 0.966. The van der Waals surface area contributed by atoms with E-state index in [2.05, 4.69) is 9.97 Å². The van der Waals surface area contributed by atoms with Gasteiger partial charge in [-0.05, 0) is 31.7 Å². The first-order valence-electron chi connectivity index (χ1n) is 9.23. The third-order valence-corrected chi connectivity index (χ3v) is 5.66. The van der Waals surface area contributed by atoms with Gasteiger partial charge in [0.05, 0.1) is 12.6 Å². The third kappa shape index (κ3) is 3.13. The molecule has 0 bridgehead atoms. The molecule has 0 spiro atoms. The van der Waals surface area contributed by atoms with Gasteiger partial charge in [0.1, 0.15) is 0 Å². The monoisotopic (exact) mass is 356 g/mol. The first-order valence-corrected chi connectivity index (χ1v) is 9.23. The maximum atomic E-state index is 12.7. The van der Waals surface area contributed by atoms with Gasteiger partial charge in [-0.2, -0.15) is 0 Å². The summed E-state index contributed by atoms with van der Waals surface area (Å²) in [6.07, 6.45) is 8.05. The molecule has 2 atom stereocenters. The van der Waals surface area contributed by atoms with E-state index in [1.54, 1.807) is 18.8 Å². The number of aryl methyl sites for hydroxylation is 1. The molecule has 2 aromatic heterocycles. The highest BCUT2D eigenvalue weighted by Gasteiger charge is 2.40. The van der Waals surface area contributed by atoms with Crippen LogP contribution in [-0.4, -0.2) is 57.3 Å². The molecule has 2 aliphatic rings. The van der Waals surface area contributed by atoms with Crippen molar-refractivity contribution in [3.8, 4) is 0 Å². The van der Waals surface area contributed by atoms with Crippen molar-refractivity contribution >= 4 is 11.8 Å². The Balaban J connectivity index is 1.42. The molecular weight excluding hydrogens is 332 g/mol. The van der Waals surface area contributed by atoms with Gasteiger partial charge < -0.3 is 19.2 Å². The highest BCUT2D eigenvalue weighted by atomic mass is 16.3. The van der Waals surface area contributed by atoms with E-state index in [1.165, 1.54) is 0 Å². The summed E-state index contributed by atoms with van der Waals surface area (Å²) in [4.78, 5) is 36.2. The Hall–Kier alpha value is -2.57. The fourth-order valence-electron chi connectivity index (χ4n) is 4.22. The molecule has 1 N–H and O–H groups in total. The molecule has 26 heavy (non-hydrogen) atoms. The van der Waals surface area contributed by atoms with Crippen LogP contribution < -0.4 is 0 Å². The molecule has 2 aromatic rings. The number of H-pyrrole nitrogens is 1. The fourth-order valence-corrected chi connectivity index (χ4v) is 4.22. The van der Waals surface area contributed by atoms with Gasteiger partial charge in [0.15, 0.2) is 5.76 Å². The number of rotatable bonds is 4. The largest absolute Gasteiger partial charge is 0.459 e. The highest BCUT2D eigenvalue weighted by Crippen LogP contribution is 2.32. The molecule has 0 saturated carbocycles. The van der Waals surface area contributed by atoms with Crippen LogP contribution in [0.25, 0.3) is 0 Å². The highest BCUT2D eigenvalue weighted by molar-refractivity contribution is 5.93. The zero-order chi connectivity index (χ0) is 18.1. The van der Waals surface area contributed by atoms with Gasteiger partial charge in [0.2, 0.25) is 5.91 Å². The minimum atomic E-state index is -0.0353. The zero-order valence-electron chi connectivity index (χ0n) is 15.0. The number of carbonyl (C=O) groups excluding carboxylic acids is 2. The second-order valence-electron chi connectivity index (χ2n) is 7.25. The normalized spacial score (nSPS) is 23.2. The van der Waals surface area contributed by atoms with Gasteiger partial charge in [0, 0.05) is 56.0 Å². The van der Waals surface area contributed by atoms with Crippen molar-refractivity contribution in [2.24, 2.45) is 5.92 Å². The van der Waals surface area contributed by atoms with Crippen LogP contribution in [0.1, 0.15) is 41.1 Å². The van der Waals surface area contributed by atoms with Crippen LogP contribution in [0.4, 0.5) is 0 Å². The van der Waals surface area contributed by atoms with Crippen LogP contribution in [0.15, 0.2) is 29.3 Å². The van der Waals surface area contributed by atoms with Crippen molar-refractivity contribution in [3.05, 3.63) is 41.9 Å². The van der Waals surface area contributed by atoms with Gasteiger partial charge in [-0.25, -0.2) is 4.98 Å². The number of fused-ring (bicyclic) bond motifs is 1. The summed E-state index contributed by atoms with van der Waals surface area (Å²) in [6.45, 7) is 3.94. The summed E-state index contributed by atoms with van der Waals surface area (Å²) in [5.41, 5.74) is 1.91. The van der Waals surface area contributed by atoms with E-state index in [1.807, 2.05) is 22.8 Å². The molecule has 7 heteroatoms. The van der Waals surface area contributed by atoms with Crippen LogP contribution in [0.5, 0.6) is 0 Å². The first-order chi connectivity index (χ1) is 12.6. The van der Waals surface area contributed by atoms with Crippen molar-refractivity contribution < 1.29 is 14.0 Å². The maximum Gasteiger partial charge on any atom is 0.289 e. The van der Waals surface area contributed by atoms with E-state index in [9.17, 15) is 9.59 Å². The molecule has 0 aromatic carbocycles. The molecule has 7 nitrogen and oxygen atoms in total. The second-order valence-corrected chi connectivity index (χ2v) is 7.25. The number of imidazole rings is 1. The lowest BCUT2D eigenvalue weighted by Crippen LogP contribution is -2.57. The predicted molar refractivity (Wildman–Crippen MR) is 94.5 cm³/mol. The average molecular weight is 356 g/mol. The van der Waals surface area contributed by atoms with Crippen LogP contribution in [0, 0.1) is 12.8 Å². The summed E-state index contributed by atoms with van der Waals surface area (Å²) in [6, 6.07) is 2.04. The molecule has 0 radical (unpaired) electrons. The van der Waals surface area contributed by atoms with Crippen molar-refractivity contribution in [1.82, 2.24) is 19.8 Å². The molecular formula is C19H24N4O3. The molecule has 4 rings (SSSR count). The van der Waals surface area contributed by atoms with E-state index >= 15 is 0 Å². The summed E-state index contributed by atoms with van der Waals surface area (Å²) in [7, 11) is 0. The first kappa shape index (κ1) is 16.9. The zero-order valence-corrected chi connectivity index (χ0v) is 15.0. The predicted octanol–water partition coefficient (Wildman–Crippen LogP) is 2.01. The van der Waals surface area contributed by atoms with Crippen LogP contribution in [0.3, 0.4) is 0 Å². The summed E-state index contributed by atoms with van der Waals surface area (Å²) >= 11 is 0.